The van der Waals surface area contributed by atoms with Gasteiger partial charge in [0.1, 0.15) is 0 Å². The van der Waals surface area contributed by atoms with Gasteiger partial charge >= 0.3 is 11.4 Å². The van der Waals surface area contributed by atoms with Gasteiger partial charge in [-0.25, -0.2) is 0 Å². The third-order valence-electron chi connectivity index (χ3n) is 3.54. The van der Waals surface area contributed by atoms with E-state index in [9.17, 15) is 30.3 Å². The number of hydrogen-bond donors (Lipinski definition) is 2. The molecule has 0 bridgehead atoms. The van der Waals surface area contributed by atoms with E-state index in [-0.39, 0.29) is 0 Å². The van der Waals surface area contributed by atoms with Gasteiger partial charge in [0, 0.05) is 6.04 Å². The number of nitrogens with one attached hydrogen (secondary N) is 1. The Morgan fingerprint density at radius 1 is 0.963 bits per heavy atom. The van der Waals surface area contributed by atoms with Crippen molar-refractivity contribution in [2.24, 2.45) is 0 Å². The van der Waals surface area contributed by atoms with E-state index < -0.39 is 37.6 Å². The van der Waals surface area contributed by atoms with E-state index in [1.54, 1.807) is 0 Å². The first-order valence-corrected chi connectivity index (χ1v) is 7.68. The summed E-state index contributed by atoms with van der Waals surface area (Å²) >= 11 is 0. The molecule has 0 aliphatic heterocycles. The van der Waals surface area contributed by atoms with Gasteiger partial charge < -0.3 is 10.4 Å². The molecule has 27 heavy (non-hydrogen) atoms. The van der Waals surface area contributed by atoms with E-state index in [1.807, 2.05) is 13.1 Å². The molecule has 144 valence electrons. The number of likely N-dealkylation sites (N-methyl/N-ethyl adjacent to an activating group) is 1. The monoisotopic (exact) mass is 378 g/mol. The van der Waals surface area contributed by atoms with Gasteiger partial charge in [-0.05, 0) is 26.0 Å². The molecule has 0 radical (unpaired) electrons. The summed E-state index contributed by atoms with van der Waals surface area (Å²) in [4.78, 5) is 27.8. The van der Waals surface area contributed by atoms with Crippen molar-refractivity contribution in [1.29, 1.82) is 0 Å². The highest BCUT2D eigenvalue weighted by molar-refractivity contribution is 5.64. The van der Waals surface area contributed by atoms with Crippen LogP contribution in [0.1, 0.15) is 12.5 Å². The Balaban J connectivity index is 0.000000289. The van der Waals surface area contributed by atoms with Crippen molar-refractivity contribution in [3.63, 3.8) is 0 Å². The fraction of sp³-hybridized carbons (Fsp3) is 0.250. The quantitative estimate of drug-likeness (QED) is 0.572. The van der Waals surface area contributed by atoms with Gasteiger partial charge in [-0.3, -0.25) is 30.3 Å². The van der Waals surface area contributed by atoms with E-state index in [0.29, 0.717) is 18.2 Å². The van der Waals surface area contributed by atoms with Crippen LogP contribution in [-0.4, -0.2) is 33.0 Å². The van der Waals surface area contributed by atoms with Crippen molar-refractivity contribution in [2.75, 3.05) is 7.05 Å². The molecule has 0 heterocycles. The standard InChI is InChI=1S/C10H15N.C6H3N3O7/c1-9(11-2)8-10-6-4-3-5-7-10;10-6-4(8(13)14)1-3(7(11)12)2-5(6)9(15)16/h3-7,9,11H,8H2,1-2H3;1-2,10H/t9-;/m0./s1. The van der Waals surface area contributed by atoms with Gasteiger partial charge in [-0.2, -0.15) is 0 Å². The average molecular weight is 378 g/mol. The van der Waals surface area contributed by atoms with Gasteiger partial charge in [0.15, 0.2) is 0 Å². The number of phenols is 1. The maximum atomic E-state index is 10.4. The van der Waals surface area contributed by atoms with Crippen molar-refractivity contribution in [3.8, 4) is 5.75 Å². The Kier molecular flexibility index (Phi) is 7.76. The fourth-order valence-electron chi connectivity index (χ4n) is 2.04. The number of non-ortho nitro benzene ring substituents is 1. The SMILES string of the molecule is CN[C@@H](C)Cc1ccccc1.O=[N+]([O-])c1cc([N+](=O)[O-])c(O)c([N+](=O)[O-])c1. The number of benzene rings is 2. The van der Waals surface area contributed by atoms with Gasteiger partial charge in [0.2, 0.25) is 0 Å². The summed E-state index contributed by atoms with van der Waals surface area (Å²) in [5.41, 5.74) is -1.60. The zero-order valence-electron chi connectivity index (χ0n) is 14.6. The lowest BCUT2D eigenvalue weighted by molar-refractivity contribution is -0.404. The number of nitro benzene ring substituents is 3. The van der Waals surface area contributed by atoms with Crippen LogP contribution in [0.4, 0.5) is 17.1 Å². The molecule has 0 aromatic heterocycles. The van der Waals surface area contributed by atoms with Crippen molar-refractivity contribution in [2.45, 2.75) is 19.4 Å². The maximum absolute atomic E-state index is 10.4. The minimum Gasteiger partial charge on any atom is -0.497 e. The lowest BCUT2D eigenvalue weighted by Crippen LogP contribution is -2.23. The van der Waals surface area contributed by atoms with Crippen LogP contribution in [0.25, 0.3) is 0 Å². The number of hydrogen-bond acceptors (Lipinski definition) is 8. The van der Waals surface area contributed by atoms with Gasteiger partial charge in [0.05, 0.1) is 26.9 Å². The minimum absolute atomic E-state index is 0.447. The first kappa shape index (κ1) is 21.4. The molecule has 11 heteroatoms. The normalized spacial score (nSPS) is 11.0. The second kappa shape index (κ2) is 9.77. The molecule has 2 aromatic carbocycles. The first-order valence-electron chi connectivity index (χ1n) is 7.68. The van der Waals surface area contributed by atoms with E-state index in [1.165, 1.54) is 5.56 Å². The van der Waals surface area contributed by atoms with E-state index in [4.69, 9.17) is 5.11 Å². The molecule has 0 saturated heterocycles. The number of phenolic OH excluding ortho intramolecular Hbond substituents is 1. The first-order chi connectivity index (χ1) is 12.7. The van der Waals surface area contributed by atoms with Crippen molar-refractivity contribution in [1.82, 2.24) is 5.32 Å². The van der Waals surface area contributed by atoms with Crippen LogP contribution >= 0.6 is 0 Å². The van der Waals surface area contributed by atoms with Crippen molar-refractivity contribution < 1.29 is 19.9 Å². The van der Waals surface area contributed by atoms with Crippen LogP contribution in [0.2, 0.25) is 0 Å². The van der Waals surface area contributed by atoms with Gasteiger partial charge in [-0.15, -0.1) is 0 Å². The Morgan fingerprint density at radius 2 is 1.44 bits per heavy atom. The smallest absolute Gasteiger partial charge is 0.324 e. The second-order valence-electron chi connectivity index (χ2n) is 5.48. The van der Waals surface area contributed by atoms with Crippen molar-refractivity contribution in [3.05, 3.63) is 78.4 Å². The Hall–Kier alpha value is -3.60. The lowest BCUT2D eigenvalue weighted by atomic mass is 10.1. The molecule has 0 saturated carbocycles. The number of rotatable bonds is 6. The molecule has 11 nitrogen and oxygen atoms in total. The van der Waals surface area contributed by atoms with Crippen LogP contribution in [0.5, 0.6) is 5.75 Å². The van der Waals surface area contributed by atoms with Crippen LogP contribution in [0.3, 0.4) is 0 Å². The zero-order valence-corrected chi connectivity index (χ0v) is 14.6. The fourth-order valence-corrected chi connectivity index (χ4v) is 2.04. The summed E-state index contributed by atoms with van der Waals surface area (Å²) in [6, 6.07) is 12.0. The third kappa shape index (κ3) is 6.32. The molecular formula is C16H18N4O7. The second-order valence-corrected chi connectivity index (χ2v) is 5.48. The van der Waals surface area contributed by atoms with E-state index >= 15 is 0 Å². The molecular weight excluding hydrogens is 360 g/mol. The summed E-state index contributed by atoms with van der Waals surface area (Å²) < 4.78 is 0. The maximum Gasteiger partial charge on any atom is 0.324 e. The molecule has 0 aliphatic carbocycles. The van der Waals surface area contributed by atoms with Crippen molar-refractivity contribution >= 4 is 17.1 Å². The molecule has 0 amide bonds. The third-order valence-corrected chi connectivity index (χ3v) is 3.54. The summed E-state index contributed by atoms with van der Waals surface area (Å²) in [6.45, 7) is 2.19. The Bertz CT molecular complexity index is 792. The molecule has 0 aliphatic rings. The molecule has 0 fully saturated rings. The zero-order chi connectivity index (χ0) is 20.6. The highest BCUT2D eigenvalue weighted by Crippen LogP contribution is 2.38. The molecule has 2 rings (SSSR count). The van der Waals surface area contributed by atoms with Crippen LogP contribution in [0, 0.1) is 30.3 Å². The lowest BCUT2D eigenvalue weighted by Gasteiger charge is -2.08. The Morgan fingerprint density at radius 3 is 1.81 bits per heavy atom. The topological polar surface area (TPSA) is 162 Å². The summed E-state index contributed by atoms with van der Waals surface area (Å²) in [5.74, 6) is -1.21. The Labute approximate surface area is 153 Å². The van der Waals surface area contributed by atoms with E-state index in [0.717, 1.165) is 6.42 Å². The highest BCUT2D eigenvalue weighted by atomic mass is 16.6. The highest BCUT2D eigenvalue weighted by Gasteiger charge is 2.30. The predicted octanol–water partition coefficient (Wildman–Crippen LogP) is 2.95. The van der Waals surface area contributed by atoms with Crippen LogP contribution < -0.4 is 5.32 Å². The summed E-state index contributed by atoms with van der Waals surface area (Å²) in [5, 5.41) is 43.4. The summed E-state index contributed by atoms with van der Waals surface area (Å²) in [6.07, 6.45) is 1.11. The molecule has 2 N–H and O–H groups in total. The molecule has 0 spiro atoms. The molecule has 0 unspecified atom stereocenters. The van der Waals surface area contributed by atoms with Crippen LogP contribution in [0.15, 0.2) is 42.5 Å². The number of aromatic hydroxyl groups is 1. The minimum atomic E-state index is -1.21. The average Bonchev–Trinajstić information content (AvgIpc) is 2.62. The van der Waals surface area contributed by atoms with Crippen LogP contribution in [-0.2, 0) is 6.42 Å². The number of nitrogens with zero attached hydrogens (tertiary/aromatic N) is 3. The summed E-state index contributed by atoms with van der Waals surface area (Å²) in [7, 11) is 1.99. The van der Waals surface area contributed by atoms with Gasteiger partial charge in [-0.1, -0.05) is 30.3 Å². The predicted molar refractivity (Wildman–Crippen MR) is 96.7 cm³/mol. The molecule has 1 atom stereocenters. The largest absolute Gasteiger partial charge is 0.497 e. The number of nitro groups is 3. The molecule has 2 aromatic rings. The van der Waals surface area contributed by atoms with E-state index in [2.05, 4.69) is 36.5 Å². The van der Waals surface area contributed by atoms with Gasteiger partial charge in [0.25, 0.3) is 11.4 Å².